The van der Waals surface area contributed by atoms with Gasteiger partial charge in [0, 0.05) is 24.3 Å². The number of nitrogens with zero attached hydrogens (tertiary/aromatic N) is 1. The summed E-state index contributed by atoms with van der Waals surface area (Å²) in [6, 6.07) is 38.1. The highest BCUT2D eigenvalue weighted by molar-refractivity contribution is 5.54. The fourth-order valence-corrected chi connectivity index (χ4v) is 4.95. The minimum absolute atomic E-state index is 0.0635. The van der Waals surface area contributed by atoms with E-state index in [2.05, 4.69) is 10.3 Å². The van der Waals surface area contributed by atoms with E-state index in [1.807, 2.05) is 103 Å². The summed E-state index contributed by atoms with van der Waals surface area (Å²) in [5.41, 5.74) is 10.6. The quantitative estimate of drug-likeness (QED) is 0.114. The average molecular weight is 576 g/mol. The Bertz CT molecular complexity index is 1530. The van der Waals surface area contributed by atoms with Gasteiger partial charge in [-0.2, -0.15) is 0 Å². The Kier molecular flexibility index (Phi) is 10.4. The van der Waals surface area contributed by atoms with Gasteiger partial charge in [-0.25, -0.2) is 4.98 Å². The lowest BCUT2D eigenvalue weighted by molar-refractivity contribution is 0.142. The minimum Gasteiger partial charge on any atom is -0.487 e. The predicted octanol–water partition coefficient (Wildman–Crippen LogP) is 6.39. The summed E-state index contributed by atoms with van der Waals surface area (Å²) in [4.78, 5) is 4.19. The van der Waals surface area contributed by atoms with E-state index in [4.69, 9.17) is 15.2 Å². The topological polar surface area (TPSA) is 110 Å². The zero-order valence-electron chi connectivity index (χ0n) is 23.9. The SMILES string of the molecule is Nc1cc([C@H](O)CC(N[C@H](CO)Cc2ccc(Oc3ccccn3)cc2)c2ccccc2)ccc1OCc1ccccc1. The molecule has 1 unspecified atom stereocenters. The van der Waals surface area contributed by atoms with Gasteiger partial charge in [-0.15, -0.1) is 0 Å². The van der Waals surface area contributed by atoms with Gasteiger partial charge >= 0.3 is 0 Å². The normalized spacial score (nSPS) is 13.2. The van der Waals surface area contributed by atoms with Crippen molar-refractivity contribution in [2.24, 2.45) is 0 Å². The van der Waals surface area contributed by atoms with Crippen LogP contribution in [0.25, 0.3) is 0 Å². The third kappa shape index (κ3) is 8.66. The number of nitrogens with two attached hydrogens (primary N) is 1. The van der Waals surface area contributed by atoms with Crippen LogP contribution in [0.15, 0.2) is 128 Å². The molecule has 4 aromatic carbocycles. The van der Waals surface area contributed by atoms with Crippen LogP contribution in [0.2, 0.25) is 0 Å². The molecule has 0 aliphatic rings. The van der Waals surface area contributed by atoms with Crippen molar-refractivity contribution in [1.82, 2.24) is 10.3 Å². The third-order valence-electron chi connectivity index (χ3n) is 7.24. The molecule has 43 heavy (non-hydrogen) atoms. The van der Waals surface area contributed by atoms with Crippen molar-refractivity contribution in [3.05, 3.63) is 150 Å². The Morgan fingerprint density at radius 1 is 0.767 bits per heavy atom. The van der Waals surface area contributed by atoms with Gasteiger partial charge in [-0.1, -0.05) is 84.9 Å². The summed E-state index contributed by atoms with van der Waals surface area (Å²) >= 11 is 0. The van der Waals surface area contributed by atoms with E-state index < -0.39 is 6.10 Å². The molecule has 7 nitrogen and oxygen atoms in total. The third-order valence-corrected chi connectivity index (χ3v) is 7.24. The van der Waals surface area contributed by atoms with Crippen LogP contribution in [0.5, 0.6) is 17.4 Å². The number of aromatic nitrogens is 1. The first kappa shape index (κ1) is 29.8. The van der Waals surface area contributed by atoms with Crippen LogP contribution >= 0.6 is 0 Å². The molecule has 3 atom stereocenters. The fourth-order valence-electron chi connectivity index (χ4n) is 4.95. The molecule has 0 radical (unpaired) electrons. The van der Waals surface area contributed by atoms with Gasteiger partial charge in [0.15, 0.2) is 0 Å². The molecule has 5 rings (SSSR count). The van der Waals surface area contributed by atoms with Crippen molar-refractivity contribution in [2.75, 3.05) is 12.3 Å². The second-order valence-electron chi connectivity index (χ2n) is 10.5. The molecular formula is C36H37N3O4. The van der Waals surface area contributed by atoms with E-state index in [1.165, 1.54) is 0 Å². The Balaban J connectivity index is 1.24. The summed E-state index contributed by atoms with van der Waals surface area (Å²) in [5, 5.41) is 25.2. The zero-order valence-corrected chi connectivity index (χ0v) is 23.9. The average Bonchev–Trinajstić information content (AvgIpc) is 3.05. The van der Waals surface area contributed by atoms with Gasteiger partial charge in [-0.3, -0.25) is 0 Å². The monoisotopic (exact) mass is 575 g/mol. The summed E-state index contributed by atoms with van der Waals surface area (Å²) in [5.74, 6) is 1.80. The van der Waals surface area contributed by atoms with Crippen LogP contribution in [0, 0.1) is 0 Å². The van der Waals surface area contributed by atoms with E-state index in [1.54, 1.807) is 24.4 Å². The smallest absolute Gasteiger partial charge is 0.219 e. The minimum atomic E-state index is -0.787. The Labute approximate surface area is 252 Å². The molecule has 5 aromatic rings. The summed E-state index contributed by atoms with van der Waals surface area (Å²) in [6.45, 7) is 0.349. The van der Waals surface area contributed by atoms with Gasteiger partial charge < -0.3 is 30.7 Å². The number of hydrogen-bond donors (Lipinski definition) is 4. The number of nitrogens with one attached hydrogen (secondary N) is 1. The Hall–Kier alpha value is -4.69. The van der Waals surface area contributed by atoms with E-state index in [0.717, 1.165) is 16.7 Å². The van der Waals surface area contributed by atoms with Crippen molar-refractivity contribution < 1.29 is 19.7 Å². The number of nitrogen functional groups attached to an aromatic ring is 1. The van der Waals surface area contributed by atoms with Crippen LogP contribution in [-0.4, -0.2) is 27.8 Å². The summed E-state index contributed by atoms with van der Waals surface area (Å²) in [6.07, 6.45) is 1.89. The molecular weight excluding hydrogens is 538 g/mol. The van der Waals surface area contributed by atoms with Crippen molar-refractivity contribution in [3.63, 3.8) is 0 Å². The lowest BCUT2D eigenvalue weighted by Crippen LogP contribution is -2.38. The number of hydrogen-bond acceptors (Lipinski definition) is 7. The van der Waals surface area contributed by atoms with E-state index in [9.17, 15) is 10.2 Å². The molecule has 0 bridgehead atoms. The van der Waals surface area contributed by atoms with Gasteiger partial charge in [-0.05, 0) is 65.4 Å². The molecule has 0 saturated carbocycles. The maximum absolute atomic E-state index is 11.3. The van der Waals surface area contributed by atoms with E-state index in [0.29, 0.717) is 48.1 Å². The first-order valence-electron chi connectivity index (χ1n) is 14.4. The molecule has 220 valence electrons. The molecule has 0 amide bonds. The second kappa shape index (κ2) is 15.0. The van der Waals surface area contributed by atoms with Crippen LogP contribution < -0.4 is 20.5 Å². The maximum Gasteiger partial charge on any atom is 0.219 e. The first-order chi connectivity index (χ1) is 21.1. The van der Waals surface area contributed by atoms with Gasteiger partial charge in [0.05, 0.1) is 18.4 Å². The zero-order chi connectivity index (χ0) is 29.9. The van der Waals surface area contributed by atoms with Crippen LogP contribution in [0.3, 0.4) is 0 Å². The number of aliphatic hydroxyl groups is 2. The molecule has 7 heteroatoms. The van der Waals surface area contributed by atoms with Gasteiger partial charge in [0.25, 0.3) is 0 Å². The molecule has 0 aliphatic carbocycles. The molecule has 0 fully saturated rings. The van der Waals surface area contributed by atoms with Crippen LogP contribution in [-0.2, 0) is 13.0 Å². The van der Waals surface area contributed by atoms with Crippen LogP contribution in [0.1, 0.15) is 40.8 Å². The fraction of sp³-hybridized carbons (Fsp3) is 0.194. The number of rotatable bonds is 14. The highest BCUT2D eigenvalue weighted by Crippen LogP contribution is 2.32. The van der Waals surface area contributed by atoms with Gasteiger partial charge in [0.1, 0.15) is 18.1 Å². The van der Waals surface area contributed by atoms with E-state index in [-0.39, 0.29) is 18.7 Å². The number of anilines is 1. The van der Waals surface area contributed by atoms with Crippen molar-refractivity contribution in [1.29, 1.82) is 0 Å². The van der Waals surface area contributed by atoms with Crippen molar-refractivity contribution in [2.45, 2.75) is 37.6 Å². The largest absolute Gasteiger partial charge is 0.487 e. The molecule has 1 aromatic heterocycles. The van der Waals surface area contributed by atoms with Crippen molar-refractivity contribution in [3.8, 4) is 17.4 Å². The summed E-state index contributed by atoms with van der Waals surface area (Å²) in [7, 11) is 0. The molecule has 5 N–H and O–H groups in total. The highest BCUT2D eigenvalue weighted by Gasteiger charge is 2.22. The predicted molar refractivity (Wildman–Crippen MR) is 169 cm³/mol. The molecule has 0 saturated heterocycles. The standard InChI is InChI=1S/C36H37N3O4/c37-32-22-29(16-19-35(32)42-25-27-9-3-1-4-10-27)34(41)23-33(28-11-5-2-6-12-28)39-30(24-40)21-26-14-17-31(18-15-26)43-36-13-7-8-20-38-36/h1-20,22,30,33-34,39-41H,21,23-25,37H2/t30-,33?,34+/m0/s1. The Morgan fingerprint density at radius 2 is 1.49 bits per heavy atom. The second-order valence-corrected chi connectivity index (χ2v) is 10.5. The Morgan fingerprint density at radius 3 is 2.16 bits per heavy atom. The number of benzene rings is 4. The van der Waals surface area contributed by atoms with E-state index >= 15 is 0 Å². The molecule has 1 heterocycles. The highest BCUT2D eigenvalue weighted by atomic mass is 16.5. The maximum atomic E-state index is 11.3. The van der Waals surface area contributed by atoms with Crippen molar-refractivity contribution >= 4 is 5.69 Å². The molecule has 0 spiro atoms. The van der Waals surface area contributed by atoms with Crippen LogP contribution in [0.4, 0.5) is 5.69 Å². The number of ether oxygens (including phenoxy) is 2. The first-order valence-corrected chi connectivity index (χ1v) is 14.4. The number of pyridine rings is 1. The molecule has 0 aliphatic heterocycles. The van der Waals surface area contributed by atoms with Gasteiger partial charge in [0.2, 0.25) is 5.88 Å². The lowest BCUT2D eigenvalue weighted by atomic mass is 9.95. The number of aliphatic hydroxyl groups excluding tert-OH is 2. The lowest BCUT2D eigenvalue weighted by Gasteiger charge is -2.27. The summed E-state index contributed by atoms with van der Waals surface area (Å²) < 4.78 is 11.7.